The van der Waals surface area contributed by atoms with Crippen molar-refractivity contribution in [3.8, 4) is 0 Å². The van der Waals surface area contributed by atoms with Crippen LogP contribution in [0.15, 0.2) is 41.2 Å². The van der Waals surface area contributed by atoms with Gasteiger partial charge in [0.2, 0.25) is 0 Å². The van der Waals surface area contributed by atoms with Gasteiger partial charge in [0.25, 0.3) is 5.56 Å². The summed E-state index contributed by atoms with van der Waals surface area (Å²) in [4.78, 5) is 11.6. The first-order valence-electron chi connectivity index (χ1n) is 6.57. The van der Waals surface area contributed by atoms with Crippen LogP contribution in [0, 0.1) is 0 Å². The van der Waals surface area contributed by atoms with Gasteiger partial charge in [0, 0.05) is 10.9 Å². The number of allylic oxidation sites excluding steroid dienone is 4. The molecular weight excluding hydrogens is 252 g/mol. The number of aromatic nitrogens is 4. The zero-order valence-electron chi connectivity index (χ0n) is 10.7. The normalized spacial score (nSPS) is 14.9. The smallest absolute Gasteiger partial charge is 0.292 e. The Balaban J connectivity index is 2.08. The van der Waals surface area contributed by atoms with E-state index in [-0.39, 0.29) is 5.56 Å². The topological polar surface area (TPSA) is 74.4 Å². The Morgan fingerprint density at radius 1 is 1.05 bits per heavy atom. The predicted octanol–water partition coefficient (Wildman–Crippen LogP) is 2.53. The van der Waals surface area contributed by atoms with Crippen molar-refractivity contribution in [2.45, 2.75) is 12.8 Å². The standard InChI is InChI=1S/C15H12N4O/c20-15-14-13(17-19-15)11-8-4-7-10(12(11)16-18-14)9-5-2-1-3-6-9/h2,4-8H,1,3H2,(H2,17,19,20). The number of hydrogen-bond donors (Lipinski definition) is 2. The molecular formula is C15H12N4O. The summed E-state index contributed by atoms with van der Waals surface area (Å²) in [6, 6.07) is 5.97. The summed E-state index contributed by atoms with van der Waals surface area (Å²) in [5.41, 5.74) is 3.85. The van der Waals surface area contributed by atoms with Crippen LogP contribution in [0.3, 0.4) is 0 Å². The Kier molecular flexibility index (Phi) is 2.32. The summed E-state index contributed by atoms with van der Waals surface area (Å²) < 4.78 is 0. The molecule has 2 N–H and O–H groups in total. The number of fused-ring (bicyclic) bond motifs is 3. The van der Waals surface area contributed by atoms with Crippen molar-refractivity contribution < 1.29 is 0 Å². The number of hydrogen-bond acceptors (Lipinski definition) is 3. The molecule has 0 radical (unpaired) electrons. The minimum absolute atomic E-state index is 0.239. The average Bonchev–Trinajstić information content (AvgIpc) is 2.89. The second kappa shape index (κ2) is 4.16. The minimum Gasteiger partial charge on any atom is -0.295 e. The summed E-state index contributed by atoms with van der Waals surface area (Å²) in [7, 11) is 0. The summed E-state index contributed by atoms with van der Waals surface area (Å²) in [6.45, 7) is 0. The Labute approximate surface area is 114 Å². The van der Waals surface area contributed by atoms with E-state index in [1.165, 1.54) is 0 Å². The number of nitrogens with zero attached hydrogens (tertiary/aromatic N) is 2. The van der Waals surface area contributed by atoms with E-state index < -0.39 is 0 Å². The molecule has 0 atom stereocenters. The van der Waals surface area contributed by atoms with Gasteiger partial charge in [-0.2, -0.15) is 0 Å². The van der Waals surface area contributed by atoms with Crippen LogP contribution in [-0.4, -0.2) is 20.4 Å². The third kappa shape index (κ3) is 1.53. The van der Waals surface area contributed by atoms with Crippen molar-refractivity contribution in [3.05, 3.63) is 52.3 Å². The van der Waals surface area contributed by atoms with E-state index in [4.69, 9.17) is 0 Å². The molecule has 1 aromatic carbocycles. The van der Waals surface area contributed by atoms with Crippen LogP contribution in [0.5, 0.6) is 0 Å². The second-order valence-corrected chi connectivity index (χ2v) is 4.84. The molecule has 0 saturated carbocycles. The van der Waals surface area contributed by atoms with Crippen LogP contribution in [0.1, 0.15) is 18.4 Å². The predicted molar refractivity (Wildman–Crippen MR) is 78.4 cm³/mol. The maximum absolute atomic E-state index is 11.6. The zero-order valence-corrected chi connectivity index (χ0v) is 10.7. The van der Waals surface area contributed by atoms with Gasteiger partial charge in [-0.05, 0) is 18.4 Å². The highest BCUT2D eigenvalue weighted by Gasteiger charge is 2.12. The largest absolute Gasteiger partial charge is 0.295 e. The molecule has 0 spiro atoms. The molecule has 1 aliphatic rings. The molecule has 0 saturated heterocycles. The molecule has 0 amide bonds. The van der Waals surface area contributed by atoms with Crippen molar-refractivity contribution >= 4 is 27.5 Å². The first kappa shape index (κ1) is 11.2. The highest BCUT2D eigenvalue weighted by molar-refractivity contribution is 6.05. The Morgan fingerprint density at radius 3 is 2.80 bits per heavy atom. The fourth-order valence-electron chi connectivity index (χ4n) is 2.64. The molecule has 98 valence electrons. The second-order valence-electron chi connectivity index (χ2n) is 4.84. The molecule has 2 heterocycles. The third-order valence-corrected chi connectivity index (χ3v) is 3.61. The van der Waals surface area contributed by atoms with Crippen LogP contribution in [-0.2, 0) is 0 Å². The van der Waals surface area contributed by atoms with E-state index in [0.717, 1.165) is 34.9 Å². The summed E-state index contributed by atoms with van der Waals surface area (Å²) in [5.74, 6) is 0. The zero-order chi connectivity index (χ0) is 13.5. The first-order chi connectivity index (χ1) is 9.84. The van der Waals surface area contributed by atoms with Gasteiger partial charge in [-0.25, -0.2) is 0 Å². The van der Waals surface area contributed by atoms with Crippen LogP contribution in [0.25, 0.3) is 27.5 Å². The van der Waals surface area contributed by atoms with E-state index in [1.54, 1.807) is 0 Å². The molecule has 5 heteroatoms. The Bertz CT molecular complexity index is 930. The van der Waals surface area contributed by atoms with Gasteiger partial charge in [-0.15, -0.1) is 10.2 Å². The van der Waals surface area contributed by atoms with Crippen LogP contribution < -0.4 is 5.56 Å². The SMILES string of the molecule is O=c1[nH][nH]c2c1nnc1c(C3=CCCC=C3)cccc12. The van der Waals surface area contributed by atoms with E-state index in [9.17, 15) is 4.79 Å². The van der Waals surface area contributed by atoms with Gasteiger partial charge >= 0.3 is 0 Å². The summed E-state index contributed by atoms with van der Waals surface area (Å²) in [6.07, 6.45) is 8.61. The molecule has 5 nitrogen and oxygen atoms in total. The fourth-order valence-corrected chi connectivity index (χ4v) is 2.64. The molecule has 0 bridgehead atoms. The van der Waals surface area contributed by atoms with Crippen molar-refractivity contribution in [2.75, 3.05) is 0 Å². The van der Waals surface area contributed by atoms with Gasteiger partial charge in [0.05, 0.1) is 5.52 Å². The number of rotatable bonds is 1. The maximum Gasteiger partial charge on any atom is 0.292 e. The maximum atomic E-state index is 11.6. The molecule has 2 aromatic heterocycles. The quantitative estimate of drug-likeness (QED) is 0.709. The minimum atomic E-state index is -0.239. The highest BCUT2D eigenvalue weighted by atomic mass is 16.1. The van der Waals surface area contributed by atoms with Gasteiger partial charge in [0.15, 0.2) is 5.52 Å². The van der Waals surface area contributed by atoms with E-state index in [1.807, 2.05) is 18.2 Å². The molecule has 4 rings (SSSR count). The number of aromatic amines is 2. The number of benzene rings is 1. The van der Waals surface area contributed by atoms with Crippen molar-refractivity contribution in [2.24, 2.45) is 0 Å². The Morgan fingerprint density at radius 2 is 1.95 bits per heavy atom. The van der Waals surface area contributed by atoms with E-state index >= 15 is 0 Å². The monoisotopic (exact) mass is 264 g/mol. The van der Waals surface area contributed by atoms with Gasteiger partial charge < -0.3 is 0 Å². The van der Waals surface area contributed by atoms with Crippen LogP contribution in [0.2, 0.25) is 0 Å². The first-order valence-corrected chi connectivity index (χ1v) is 6.57. The van der Waals surface area contributed by atoms with Gasteiger partial charge in [-0.3, -0.25) is 15.0 Å². The van der Waals surface area contributed by atoms with Crippen LogP contribution >= 0.6 is 0 Å². The number of H-pyrrole nitrogens is 2. The van der Waals surface area contributed by atoms with E-state index in [0.29, 0.717) is 11.0 Å². The van der Waals surface area contributed by atoms with Gasteiger partial charge in [-0.1, -0.05) is 36.4 Å². The van der Waals surface area contributed by atoms with Crippen LogP contribution in [0.4, 0.5) is 0 Å². The van der Waals surface area contributed by atoms with Crippen molar-refractivity contribution in [1.29, 1.82) is 0 Å². The molecule has 3 aromatic rings. The molecule has 1 aliphatic carbocycles. The van der Waals surface area contributed by atoms with Crippen molar-refractivity contribution in [3.63, 3.8) is 0 Å². The Hall–Kier alpha value is -2.69. The van der Waals surface area contributed by atoms with E-state index in [2.05, 4.69) is 38.6 Å². The molecule has 0 aliphatic heterocycles. The van der Waals surface area contributed by atoms with Gasteiger partial charge in [0.1, 0.15) is 5.52 Å². The molecule has 0 unspecified atom stereocenters. The summed E-state index contributed by atoms with van der Waals surface area (Å²) >= 11 is 0. The lowest BCUT2D eigenvalue weighted by Crippen LogP contribution is -2.01. The third-order valence-electron chi connectivity index (χ3n) is 3.61. The average molecular weight is 264 g/mol. The molecule has 0 fully saturated rings. The lowest BCUT2D eigenvalue weighted by atomic mass is 9.97. The lowest BCUT2D eigenvalue weighted by Gasteiger charge is -2.09. The number of nitrogens with one attached hydrogen (secondary N) is 2. The molecule has 20 heavy (non-hydrogen) atoms. The summed E-state index contributed by atoms with van der Waals surface area (Å²) in [5, 5.41) is 14.6. The lowest BCUT2D eigenvalue weighted by molar-refractivity contribution is 1.04. The fraction of sp³-hybridized carbons (Fsp3) is 0.133. The highest BCUT2D eigenvalue weighted by Crippen LogP contribution is 2.28. The van der Waals surface area contributed by atoms with Crippen molar-refractivity contribution in [1.82, 2.24) is 20.4 Å².